The van der Waals surface area contributed by atoms with Crippen molar-refractivity contribution in [3.63, 3.8) is 0 Å². The van der Waals surface area contributed by atoms with Crippen LogP contribution in [-0.2, 0) is 21.4 Å². The van der Waals surface area contributed by atoms with Crippen LogP contribution in [0.15, 0.2) is 6.20 Å². The fourth-order valence-electron chi connectivity index (χ4n) is 2.91. The number of nitrogens with zero attached hydrogens (tertiary/aromatic N) is 3. The van der Waals surface area contributed by atoms with Gasteiger partial charge in [-0.05, 0) is 12.8 Å². The molecule has 0 spiro atoms. The van der Waals surface area contributed by atoms with Gasteiger partial charge in [-0.15, -0.1) is 5.10 Å². The smallest absolute Gasteiger partial charge is 0.137 e. The van der Waals surface area contributed by atoms with Crippen LogP contribution in [0.2, 0.25) is 0 Å². The maximum Gasteiger partial charge on any atom is 0.137 e. The second-order valence-corrected chi connectivity index (χ2v) is 6.36. The summed E-state index contributed by atoms with van der Waals surface area (Å²) in [6, 6.07) is 0. The summed E-state index contributed by atoms with van der Waals surface area (Å²) in [5.74, 6) is 0. The van der Waals surface area contributed by atoms with E-state index in [9.17, 15) is 14.6 Å². The number of hydrogen-bond acceptors (Lipinski definition) is 6. The molecule has 0 amide bonds. The lowest BCUT2D eigenvalue weighted by atomic mass is 9.90. The standard InChI is InChI=1S/C14H22FN3O4/c1-21-10-4-12(20)14(9-19,22-6-10)8-18-5-11(16-17-18)13(7-15)2-3-13/h5,10,12,19-20H,2-4,6-9H2,1H3. The summed E-state index contributed by atoms with van der Waals surface area (Å²) in [5, 5.41) is 28.1. The van der Waals surface area contributed by atoms with E-state index in [4.69, 9.17) is 9.47 Å². The molecular weight excluding hydrogens is 293 g/mol. The van der Waals surface area contributed by atoms with Gasteiger partial charge in [0.1, 0.15) is 12.3 Å². The molecule has 3 unspecified atom stereocenters. The highest BCUT2D eigenvalue weighted by atomic mass is 19.1. The Balaban J connectivity index is 1.73. The molecule has 1 saturated heterocycles. The lowest BCUT2D eigenvalue weighted by molar-refractivity contribution is -0.214. The Hall–Kier alpha value is -1.09. The zero-order valence-corrected chi connectivity index (χ0v) is 12.6. The second kappa shape index (κ2) is 5.84. The van der Waals surface area contributed by atoms with Crippen LogP contribution in [0.4, 0.5) is 4.39 Å². The fourth-order valence-corrected chi connectivity index (χ4v) is 2.91. The molecule has 1 saturated carbocycles. The summed E-state index contributed by atoms with van der Waals surface area (Å²) in [4.78, 5) is 0. The van der Waals surface area contributed by atoms with Crippen molar-refractivity contribution in [3.8, 4) is 0 Å². The normalized spacial score (nSPS) is 33.8. The molecule has 0 radical (unpaired) electrons. The first-order valence-electron chi connectivity index (χ1n) is 7.50. The van der Waals surface area contributed by atoms with Gasteiger partial charge >= 0.3 is 0 Å². The summed E-state index contributed by atoms with van der Waals surface area (Å²) in [5.41, 5.74) is -0.979. The van der Waals surface area contributed by atoms with Gasteiger partial charge in [0.15, 0.2) is 0 Å². The Kier molecular flexibility index (Phi) is 4.19. The molecule has 1 aliphatic heterocycles. The van der Waals surface area contributed by atoms with Gasteiger partial charge in [0, 0.05) is 25.1 Å². The molecule has 7 nitrogen and oxygen atoms in total. The van der Waals surface area contributed by atoms with Crippen LogP contribution < -0.4 is 0 Å². The molecular formula is C14H22FN3O4. The van der Waals surface area contributed by atoms with E-state index in [0.717, 1.165) is 12.8 Å². The van der Waals surface area contributed by atoms with E-state index < -0.39 is 23.8 Å². The third-order valence-electron chi connectivity index (χ3n) is 4.87. The predicted octanol–water partition coefficient (Wildman–Crippen LogP) is -0.194. The zero-order valence-electron chi connectivity index (χ0n) is 12.6. The minimum Gasteiger partial charge on any atom is -0.393 e. The molecule has 3 rings (SSSR count). The molecule has 0 bridgehead atoms. The van der Waals surface area contributed by atoms with Crippen molar-refractivity contribution >= 4 is 0 Å². The largest absolute Gasteiger partial charge is 0.393 e. The molecule has 22 heavy (non-hydrogen) atoms. The van der Waals surface area contributed by atoms with Gasteiger partial charge in [0.2, 0.25) is 0 Å². The molecule has 2 fully saturated rings. The summed E-state index contributed by atoms with van der Waals surface area (Å²) in [7, 11) is 1.56. The Morgan fingerprint density at radius 2 is 2.32 bits per heavy atom. The van der Waals surface area contributed by atoms with E-state index in [1.807, 2.05) is 0 Å². The molecule has 8 heteroatoms. The number of rotatable bonds is 6. The third-order valence-corrected chi connectivity index (χ3v) is 4.87. The van der Waals surface area contributed by atoms with Gasteiger partial charge in [-0.25, -0.2) is 4.68 Å². The van der Waals surface area contributed by atoms with Gasteiger partial charge in [-0.3, -0.25) is 4.39 Å². The molecule has 3 atom stereocenters. The first-order valence-corrected chi connectivity index (χ1v) is 7.50. The summed E-state index contributed by atoms with van der Waals surface area (Å²) < 4.78 is 25.5. The fraction of sp³-hybridized carbons (Fsp3) is 0.857. The van der Waals surface area contributed by atoms with E-state index in [2.05, 4.69) is 10.3 Å². The van der Waals surface area contributed by atoms with Crippen LogP contribution in [0, 0.1) is 0 Å². The quantitative estimate of drug-likeness (QED) is 0.756. The van der Waals surface area contributed by atoms with E-state index in [1.165, 1.54) is 4.68 Å². The zero-order chi connectivity index (χ0) is 15.8. The number of hydrogen-bond donors (Lipinski definition) is 2. The monoisotopic (exact) mass is 315 g/mol. The van der Waals surface area contributed by atoms with Crippen LogP contribution in [0.1, 0.15) is 25.0 Å². The van der Waals surface area contributed by atoms with Crippen LogP contribution >= 0.6 is 0 Å². The van der Waals surface area contributed by atoms with Gasteiger partial charge < -0.3 is 19.7 Å². The van der Waals surface area contributed by atoms with Crippen molar-refractivity contribution in [2.24, 2.45) is 0 Å². The number of aliphatic hydroxyl groups excluding tert-OH is 2. The first-order chi connectivity index (χ1) is 10.6. The highest BCUT2D eigenvalue weighted by Crippen LogP contribution is 2.47. The second-order valence-electron chi connectivity index (χ2n) is 6.36. The summed E-state index contributed by atoms with van der Waals surface area (Å²) in [6.07, 6.45) is 2.56. The number of ether oxygens (including phenoxy) is 2. The average molecular weight is 315 g/mol. The maximum atomic E-state index is 13.1. The molecule has 1 aromatic heterocycles. The maximum absolute atomic E-state index is 13.1. The Labute approximate surface area is 128 Å². The third kappa shape index (κ3) is 2.64. The number of aromatic nitrogens is 3. The van der Waals surface area contributed by atoms with E-state index in [0.29, 0.717) is 18.7 Å². The van der Waals surface area contributed by atoms with Gasteiger partial charge in [0.25, 0.3) is 0 Å². The van der Waals surface area contributed by atoms with Crippen molar-refractivity contribution < 1.29 is 24.1 Å². The highest BCUT2D eigenvalue weighted by molar-refractivity contribution is 5.21. The van der Waals surface area contributed by atoms with Crippen LogP contribution in [-0.4, -0.2) is 70.0 Å². The molecule has 2 aliphatic rings. The van der Waals surface area contributed by atoms with Gasteiger partial charge in [-0.2, -0.15) is 0 Å². The van der Waals surface area contributed by atoms with E-state index in [1.54, 1.807) is 13.3 Å². The summed E-state index contributed by atoms with van der Waals surface area (Å²) >= 11 is 0. The van der Waals surface area contributed by atoms with E-state index >= 15 is 0 Å². The van der Waals surface area contributed by atoms with Crippen molar-refractivity contribution in [1.29, 1.82) is 0 Å². The summed E-state index contributed by atoms with van der Waals surface area (Å²) in [6.45, 7) is -0.319. The molecule has 1 aliphatic carbocycles. The molecule has 1 aromatic rings. The average Bonchev–Trinajstić information content (AvgIpc) is 3.21. The molecule has 2 N–H and O–H groups in total. The van der Waals surface area contributed by atoms with Crippen LogP contribution in [0.5, 0.6) is 0 Å². The Bertz CT molecular complexity index is 522. The van der Waals surface area contributed by atoms with Gasteiger partial charge in [0.05, 0.1) is 37.7 Å². The Morgan fingerprint density at radius 3 is 2.86 bits per heavy atom. The minimum atomic E-state index is -1.13. The lowest BCUT2D eigenvalue weighted by Gasteiger charge is -2.42. The van der Waals surface area contributed by atoms with Crippen LogP contribution in [0.3, 0.4) is 0 Å². The SMILES string of the molecule is COC1COC(CO)(Cn2cc(C3(CF)CC3)nn2)C(O)C1. The predicted molar refractivity (Wildman–Crippen MR) is 74.1 cm³/mol. The Morgan fingerprint density at radius 1 is 1.55 bits per heavy atom. The van der Waals surface area contributed by atoms with Crippen LogP contribution in [0.25, 0.3) is 0 Å². The molecule has 2 heterocycles. The number of alkyl halides is 1. The number of aliphatic hydroxyl groups is 2. The van der Waals surface area contributed by atoms with E-state index in [-0.39, 0.29) is 19.3 Å². The lowest BCUT2D eigenvalue weighted by Crippen LogP contribution is -2.57. The molecule has 124 valence electrons. The van der Waals surface area contributed by atoms with Crippen molar-refractivity contribution in [2.75, 3.05) is 27.0 Å². The molecule has 0 aromatic carbocycles. The van der Waals surface area contributed by atoms with Crippen molar-refractivity contribution in [1.82, 2.24) is 15.0 Å². The van der Waals surface area contributed by atoms with Gasteiger partial charge in [-0.1, -0.05) is 5.21 Å². The number of methoxy groups -OCH3 is 1. The van der Waals surface area contributed by atoms with Crippen molar-refractivity contribution in [3.05, 3.63) is 11.9 Å². The first kappa shape index (κ1) is 15.8. The topological polar surface area (TPSA) is 89.6 Å². The minimum absolute atomic E-state index is 0.163. The highest BCUT2D eigenvalue weighted by Gasteiger charge is 2.48. The van der Waals surface area contributed by atoms with Crippen molar-refractivity contribution in [2.45, 2.75) is 49.0 Å². The number of halogens is 1.